The first-order valence-electron chi connectivity index (χ1n) is 7.07. The third-order valence-electron chi connectivity index (χ3n) is 3.85. The molecule has 1 aromatic rings. The molecule has 3 atom stereocenters. The summed E-state index contributed by atoms with van der Waals surface area (Å²) in [6.45, 7) is 2.55. The SMILES string of the molecule is CC(Cn1ccnc1)NC(=O)C1CCCCC1C(=O)O. The number of nitrogens with one attached hydrogen (secondary N) is 1. The second kappa shape index (κ2) is 6.54. The van der Waals surface area contributed by atoms with Gasteiger partial charge >= 0.3 is 5.97 Å². The van der Waals surface area contributed by atoms with Crippen molar-refractivity contribution in [3.8, 4) is 0 Å². The molecule has 2 rings (SSSR count). The van der Waals surface area contributed by atoms with Gasteiger partial charge in [-0.05, 0) is 19.8 Å². The Morgan fingerprint density at radius 2 is 2.10 bits per heavy atom. The maximum atomic E-state index is 12.3. The van der Waals surface area contributed by atoms with Gasteiger partial charge in [-0.2, -0.15) is 0 Å². The van der Waals surface area contributed by atoms with E-state index in [1.165, 1.54) is 0 Å². The zero-order valence-electron chi connectivity index (χ0n) is 11.7. The van der Waals surface area contributed by atoms with Gasteiger partial charge in [0.15, 0.2) is 0 Å². The summed E-state index contributed by atoms with van der Waals surface area (Å²) in [5, 5.41) is 12.1. The number of aromatic nitrogens is 2. The molecular formula is C14H21N3O3. The van der Waals surface area contributed by atoms with E-state index in [1.54, 1.807) is 12.5 Å². The van der Waals surface area contributed by atoms with E-state index in [9.17, 15) is 14.7 Å². The van der Waals surface area contributed by atoms with Gasteiger partial charge in [0.1, 0.15) is 0 Å². The minimum atomic E-state index is -0.855. The maximum Gasteiger partial charge on any atom is 0.307 e. The number of carboxylic acids is 1. The van der Waals surface area contributed by atoms with Gasteiger partial charge in [0, 0.05) is 25.0 Å². The van der Waals surface area contributed by atoms with Crippen molar-refractivity contribution in [2.45, 2.75) is 45.2 Å². The highest BCUT2D eigenvalue weighted by Gasteiger charge is 2.35. The quantitative estimate of drug-likeness (QED) is 0.850. The summed E-state index contributed by atoms with van der Waals surface area (Å²) in [7, 11) is 0. The average Bonchev–Trinajstić information content (AvgIpc) is 2.91. The molecule has 3 unspecified atom stereocenters. The fourth-order valence-electron chi connectivity index (χ4n) is 2.85. The molecule has 1 heterocycles. The molecule has 1 amide bonds. The van der Waals surface area contributed by atoms with E-state index in [1.807, 2.05) is 17.7 Å². The van der Waals surface area contributed by atoms with Crippen molar-refractivity contribution in [2.24, 2.45) is 11.8 Å². The Hall–Kier alpha value is -1.85. The van der Waals surface area contributed by atoms with E-state index in [4.69, 9.17) is 0 Å². The molecule has 1 aliphatic rings. The van der Waals surface area contributed by atoms with Crippen LogP contribution in [-0.2, 0) is 16.1 Å². The smallest absolute Gasteiger partial charge is 0.307 e. The first-order chi connectivity index (χ1) is 9.58. The summed E-state index contributed by atoms with van der Waals surface area (Å²) in [4.78, 5) is 27.4. The number of carbonyl (C=O) groups is 2. The predicted molar refractivity (Wildman–Crippen MR) is 72.9 cm³/mol. The van der Waals surface area contributed by atoms with Crippen LogP contribution < -0.4 is 5.32 Å². The monoisotopic (exact) mass is 279 g/mol. The van der Waals surface area contributed by atoms with Gasteiger partial charge < -0.3 is 15.0 Å². The lowest BCUT2D eigenvalue weighted by Crippen LogP contribution is -2.44. The summed E-state index contributed by atoms with van der Waals surface area (Å²) in [5.74, 6) is -1.92. The molecule has 1 fully saturated rings. The number of amides is 1. The molecule has 2 N–H and O–H groups in total. The van der Waals surface area contributed by atoms with Crippen LogP contribution in [0.3, 0.4) is 0 Å². The summed E-state index contributed by atoms with van der Waals surface area (Å²) < 4.78 is 1.89. The minimum absolute atomic E-state index is 0.0481. The summed E-state index contributed by atoms with van der Waals surface area (Å²) >= 11 is 0. The van der Waals surface area contributed by atoms with Crippen LogP contribution in [0.15, 0.2) is 18.7 Å². The fraction of sp³-hybridized carbons (Fsp3) is 0.643. The number of rotatable bonds is 5. The second-order valence-electron chi connectivity index (χ2n) is 5.50. The Bertz CT molecular complexity index is 458. The summed E-state index contributed by atoms with van der Waals surface area (Å²) in [6, 6.07) is -0.0481. The lowest BCUT2D eigenvalue weighted by Gasteiger charge is -2.28. The topological polar surface area (TPSA) is 84.2 Å². The van der Waals surface area contributed by atoms with Crippen LogP contribution in [0.5, 0.6) is 0 Å². The van der Waals surface area contributed by atoms with Crippen molar-refractivity contribution in [3.63, 3.8) is 0 Å². The van der Waals surface area contributed by atoms with E-state index in [0.717, 1.165) is 12.8 Å². The number of carbonyl (C=O) groups excluding carboxylic acids is 1. The van der Waals surface area contributed by atoms with Crippen LogP contribution in [0.2, 0.25) is 0 Å². The Morgan fingerprint density at radius 1 is 1.40 bits per heavy atom. The van der Waals surface area contributed by atoms with Gasteiger partial charge in [0.25, 0.3) is 0 Å². The van der Waals surface area contributed by atoms with E-state index in [-0.39, 0.29) is 11.9 Å². The van der Waals surface area contributed by atoms with Gasteiger partial charge in [-0.15, -0.1) is 0 Å². The van der Waals surface area contributed by atoms with Crippen molar-refractivity contribution < 1.29 is 14.7 Å². The number of aliphatic carboxylic acids is 1. The molecule has 0 aromatic carbocycles. The van der Waals surface area contributed by atoms with Gasteiger partial charge in [0.05, 0.1) is 18.2 Å². The van der Waals surface area contributed by atoms with Crippen molar-refractivity contribution in [1.82, 2.24) is 14.9 Å². The van der Waals surface area contributed by atoms with Crippen molar-refractivity contribution >= 4 is 11.9 Å². The molecule has 6 nitrogen and oxygen atoms in total. The number of hydrogen-bond acceptors (Lipinski definition) is 3. The molecule has 6 heteroatoms. The number of nitrogens with zero attached hydrogens (tertiary/aromatic N) is 2. The molecule has 20 heavy (non-hydrogen) atoms. The Morgan fingerprint density at radius 3 is 2.70 bits per heavy atom. The van der Waals surface area contributed by atoms with Gasteiger partial charge in [-0.3, -0.25) is 9.59 Å². The molecule has 1 saturated carbocycles. The molecular weight excluding hydrogens is 258 g/mol. The third-order valence-corrected chi connectivity index (χ3v) is 3.85. The molecule has 0 saturated heterocycles. The Kier molecular flexibility index (Phi) is 4.76. The Labute approximate surface area is 118 Å². The van der Waals surface area contributed by atoms with Gasteiger partial charge in [-0.25, -0.2) is 4.98 Å². The number of carboxylic acid groups (broad SMARTS) is 1. The molecule has 1 aliphatic carbocycles. The average molecular weight is 279 g/mol. The number of imidazole rings is 1. The highest BCUT2D eigenvalue weighted by atomic mass is 16.4. The lowest BCUT2D eigenvalue weighted by atomic mass is 9.78. The van der Waals surface area contributed by atoms with Crippen molar-refractivity contribution in [2.75, 3.05) is 0 Å². The zero-order chi connectivity index (χ0) is 14.5. The molecule has 0 radical (unpaired) electrons. The van der Waals surface area contributed by atoms with Crippen molar-refractivity contribution in [1.29, 1.82) is 0 Å². The highest BCUT2D eigenvalue weighted by molar-refractivity contribution is 5.85. The summed E-state index contributed by atoms with van der Waals surface area (Å²) in [6.07, 6.45) is 8.32. The first kappa shape index (κ1) is 14.6. The molecule has 1 aromatic heterocycles. The predicted octanol–water partition coefficient (Wildman–Crippen LogP) is 1.28. The first-order valence-corrected chi connectivity index (χ1v) is 7.07. The molecule has 0 bridgehead atoms. The highest BCUT2D eigenvalue weighted by Crippen LogP contribution is 2.30. The Balaban J connectivity index is 1.90. The van der Waals surface area contributed by atoms with Crippen molar-refractivity contribution in [3.05, 3.63) is 18.7 Å². The number of hydrogen-bond donors (Lipinski definition) is 2. The minimum Gasteiger partial charge on any atom is -0.481 e. The van der Waals surface area contributed by atoms with Crippen LogP contribution in [0.1, 0.15) is 32.6 Å². The molecule has 0 aliphatic heterocycles. The lowest BCUT2D eigenvalue weighted by molar-refractivity contribution is -0.149. The fourth-order valence-corrected chi connectivity index (χ4v) is 2.85. The van der Waals surface area contributed by atoms with Gasteiger partial charge in [-0.1, -0.05) is 12.8 Å². The largest absolute Gasteiger partial charge is 0.481 e. The van der Waals surface area contributed by atoms with Crippen LogP contribution in [0.25, 0.3) is 0 Å². The standard InChI is InChI=1S/C14H21N3O3/c1-10(8-17-7-6-15-9-17)16-13(18)11-4-2-3-5-12(11)14(19)20/h6-7,9-12H,2-5,8H2,1H3,(H,16,18)(H,19,20). The van der Waals surface area contributed by atoms with E-state index in [0.29, 0.717) is 19.4 Å². The maximum absolute atomic E-state index is 12.3. The van der Waals surface area contributed by atoms with Crippen LogP contribution in [0.4, 0.5) is 0 Å². The van der Waals surface area contributed by atoms with Crippen LogP contribution >= 0.6 is 0 Å². The third kappa shape index (κ3) is 3.59. The molecule has 0 spiro atoms. The van der Waals surface area contributed by atoms with E-state index in [2.05, 4.69) is 10.3 Å². The second-order valence-corrected chi connectivity index (χ2v) is 5.50. The molecule has 110 valence electrons. The van der Waals surface area contributed by atoms with E-state index < -0.39 is 17.8 Å². The van der Waals surface area contributed by atoms with Crippen LogP contribution in [0, 0.1) is 11.8 Å². The van der Waals surface area contributed by atoms with Crippen LogP contribution in [-0.4, -0.2) is 32.6 Å². The zero-order valence-corrected chi connectivity index (χ0v) is 11.7. The normalized spacial score (nSPS) is 24.1. The van der Waals surface area contributed by atoms with E-state index >= 15 is 0 Å². The van der Waals surface area contributed by atoms with Gasteiger partial charge in [0.2, 0.25) is 5.91 Å². The summed E-state index contributed by atoms with van der Waals surface area (Å²) in [5.41, 5.74) is 0.